The molecule has 2 aromatic carbocycles. The van der Waals surface area contributed by atoms with E-state index in [1.165, 1.54) is 12.1 Å². The second kappa shape index (κ2) is 5.92. The van der Waals surface area contributed by atoms with E-state index in [4.69, 9.17) is 15.2 Å². The van der Waals surface area contributed by atoms with Gasteiger partial charge in [0.05, 0.1) is 18.1 Å². The minimum atomic E-state index is -0.503. The molecule has 0 aliphatic heterocycles. The summed E-state index contributed by atoms with van der Waals surface area (Å²) in [5, 5.41) is 10.7. The number of benzene rings is 2. The molecule has 0 aliphatic rings. The molecule has 6 heteroatoms. The van der Waals surface area contributed by atoms with Gasteiger partial charge in [0.1, 0.15) is 18.1 Å². The number of nitrogens with zero attached hydrogens (tertiary/aromatic N) is 1. The molecule has 0 unspecified atom stereocenters. The van der Waals surface area contributed by atoms with Crippen LogP contribution in [0.25, 0.3) is 0 Å². The molecule has 0 heterocycles. The van der Waals surface area contributed by atoms with Crippen LogP contribution >= 0.6 is 0 Å². The van der Waals surface area contributed by atoms with Crippen molar-refractivity contribution >= 4 is 11.4 Å². The van der Waals surface area contributed by atoms with Crippen molar-refractivity contribution in [1.82, 2.24) is 0 Å². The highest BCUT2D eigenvalue weighted by molar-refractivity contribution is 5.53. The van der Waals surface area contributed by atoms with E-state index in [9.17, 15) is 10.1 Å². The zero-order valence-electron chi connectivity index (χ0n) is 10.9. The van der Waals surface area contributed by atoms with Crippen LogP contribution in [0.3, 0.4) is 0 Å². The Morgan fingerprint density at radius 3 is 2.45 bits per heavy atom. The fraction of sp³-hybridized carbons (Fsp3) is 0.143. The van der Waals surface area contributed by atoms with Gasteiger partial charge in [-0.3, -0.25) is 10.1 Å². The third-order valence-electron chi connectivity index (χ3n) is 2.69. The molecule has 0 aromatic heterocycles. The molecule has 104 valence electrons. The number of hydrogen-bond acceptors (Lipinski definition) is 5. The van der Waals surface area contributed by atoms with Gasteiger partial charge in [0, 0.05) is 17.8 Å². The summed E-state index contributed by atoms with van der Waals surface area (Å²) in [6, 6.07) is 11.6. The molecular formula is C14H14N2O4. The molecule has 20 heavy (non-hydrogen) atoms. The Balaban J connectivity index is 2.08. The minimum Gasteiger partial charge on any atom is -0.497 e. The number of nitro benzene ring substituents is 1. The standard InChI is InChI=1S/C14H14N2O4/c1-19-13-4-2-10(3-5-13)9-20-14-7-11(15)6-12(8-14)16(17)18/h2-8H,9,15H2,1H3. The van der Waals surface area contributed by atoms with Crippen LogP contribution in [0.4, 0.5) is 11.4 Å². The maximum atomic E-state index is 10.7. The molecule has 6 nitrogen and oxygen atoms in total. The fourth-order valence-corrected chi connectivity index (χ4v) is 1.68. The van der Waals surface area contributed by atoms with Crippen molar-refractivity contribution in [1.29, 1.82) is 0 Å². The summed E-state index contributed by atoms with van der Waals surface area (Å²) in [6.07, 6.45) is 0. The number of methoxy groups -OCH3 is 1. The van der Waals surface area contributed by atoms with Gasteiger partial charge in [-0.25, -0.2) is 0 Å². The molecule has 0 radical (unpaired) electrons. The summed E-state index contributed by atoms with van der Waals surface area (Å²) in [5.41, 5.74) is 6.74. The number of non-ortho nitro benzene ring substituents is 1. The predicted octanol–water partition coefficient (Wildman–Crippen LogP) is 2.76. The van der Waals surface area contributed by atoms with Gasteiger partial charge in [0.15, 0.2) is 0 Å². The van der Waals surface area contributed by atoms with Crippen molar-refractivity contribution in [3.05, 3.63) is 58.1 Å². The molecule has 0 amide bonds. The van der Waals surface area contributed by atoms with Gasteiger partial charge in [0.2, 0.25) is 0 Å². The van der Waals surface area contributed by atoms with Crippen LogP contribution in [-0.4, -0.2) is 12.0 Å². The topological polar surface area (TPSA) is 87.6 Å². The number of anilines is 1. The quantitative estimate of drug-likeness (QED) is 0.514. The number of rotatable bonds is 5. The minimum absolute atomic E-state index is 0.0882. The summed E-state index contributed by atoms with van der Waals surface area (Å²) in [4.78, 5) is 10.2. The van der Waals surface area contributed by atoms with E-state index in [-0.39, 0.29) is 5.69 Å². The molecular weight excluding hydrogens is 260 g/mol. The van der Waals surface area contributed by atoms with Gasteiger partial charge in [-0.2, -0.15) is 0 Å². The van der Waals surface area contributed by atoms with Crippen LogP contribution in [0.15, 0.2) is 42.5 Å². The molecule has 0 fully saturated rings. The number of nitro groups is 1. The van der Waals surface area contributed by atoms with Gasteiger partial charge in [0.25, 0.3) is 5.69 Å². The normalized spacial score (nSPS) is 10.1. The predicted molar refractivity (Wildman–Crippen MR) is 74.8 cm³/mol. The van der Waals surface area contributed by atoms with Gasteiger partial charge in [-0.1, -0.05) is 12.1 Å². The summed E-state index contributed by atoms with van der Waals surface area (Å²) in [7, 11) is 1.59. The van der Waals surface area contributed by atoms with Crippen LogP contribution < -0.4 is 15.2 Å². The Morgan fingerprint density at radius 2 is 1.85 bits per heavy atom. The smallest absolute Gasteiger partial charge is 0.275 e. The van der Waals surface area contributed by atoms with Crippen molar-refractivity contribution in [3.8, 4) is 11.5 Å². The molecule has 0 bridgehead atoms. The molecule has 0 saturated heterocycles. The van der Waals surface area contributed by atoms with Crippen LogP contribution in [0.2, 0.25) is 0 Å². The third-order valence-corrected chi connectivity index (χ3v) is 2.69. The average molecular weight is 274 g/mol. The number of ether oxygens (including phenoxy) is 2. The zero-order valence-corrected chi connectivity index (χ0v) is 10.9. The lowest BCUT2D eigenvalue weighted by Gasteiger charge is -2.07. The Bertz CT molecular complexity index is 611. The molecule has 2 aromatic rings. The Hall–Kier alpha value is -2.76. The van der Waals surface area contributed by atoms with E-state index < -0.39 is 4.92 Å². The Labute approximate surface area is 115 Å². The van der Waals surface area contributed by atoms with Crippen LogP contribution in [0.5, 0.6) is 11.5 Å². The molecule has 0 spiro atoms. The number of nitrogens with two attached hydrogens (primary N) is 1. The van der Waals surface area contributed by atoms with Crippen LogP contribution in [0.1, 0.15) is 5.56 Å². The largest absolute Gasteiger partial charge is 0.497 e. The van der Waals surface area contributed by atoms with E-state index in [2.05, 4.69) is 0 Å². The van der Waals surface area contributed by atoms with E-state index in [1.54, 1.807) is 13.2 Å². The average Bonchev–Trinajstić information content (AvgIpc) is 2.45. The number of nitrogen functional groups attached to an aromatic ring is 1. The maximum Gasteiger partial charge on any atom is 0.275 e. The first kappa shape index (κ1) is 13.7. The van der Waals surface area contributed by atoms with Crippen molar-refractivity contribution < 1.29 is 14.4 Å². The van der Waals surface area contributed by atoms with Crippen LogP contribution in [0, 0.1) is 10.1 Å². The zero-order chi connectivity index (χ0) is 14.5. The van der Waals surface area contributed by atoms with E-state index in [0.717, 1.165) is 11.3 Å². The van der Waals surface area contributed by atoms with Crippen molar-refractivity contribution in [2.75, 3.05) is 12.8 Å². The molecule has 0 aliphatic carbocycles. The highest BCUT2D eigenvalue weighted by atomic mass is 16.6. The lowest BCUT2D eigenvalue weighted by atomic mass is 10.2. The number of hydrogen-bond donors (Lipinski definition) is 1. The molecule has 0 atom stereocenters. The van der Waals surface area contributed by atoms with Crippen molar-refractivity contribution in [3.63, 3.8) is 0 Å². The lowest BCUT2D eigenvalue weighted by Crippen LogP contribution is -1.98. The molecule has 0 saturated carbocycles. The molecule has 2 rings (SSSR count). The second-order valence-corrected chi connectivity index (χ2v) is 4.15. The summed E-state index contributed by atoms with van der Waals surface area (Å²) in [5.74, 6) is 1.13. The van der Waals surface area contributed by atoms with E-state index in [0.29, 0.717) is 18.0 Å². The Kier molecular flexibility index (Phi) is 4.05. The fourth-order valence-electron chi connectivity index (χ4n) is 1.68. The summed E-state index contributed by atoms with van der Waals surface area (Å²) < 4.78 is 10.6. The van der Waals surface area contributed by atoms with Crippen LogP contribution in [-0.2, 0) is 6.61 Å². The highest BCUT2D eigenvalue weighted by Crippen LogP contribution is 2.25. The Morgan fingerprint density at radius 1 is 1.15 bits per heavy atom. The lowest BCUT2D eigenvalue weighted by molar-refractivity contribution is -0.384. The summed E-state index contributed by atoms with van der Waals surface area (Å²) >= 11 is 0. The summed E-state index contributed by atoms with van der Waals surface area (Å²) in [6.45, 7) is 0.296. The first-order valence-corrected chi connectivity index (χ1v) is 5.89. The van der Waals surface area contributed by atoms with E-state index in [1.807, 2.05) is 24.3 Å². The van der Waals surface area contributed by atoms with Crippen molar-refractivity contribution in [2.45, 2.75) is 6.61 Å². The third kappa shape index (κ3) is 3.38. The SMILES string of the molecule is COc1ccc(COc2cc(N)cc([N+](=O)[O-])c2)cc1. The monoisotopic (exact) mass is 274 g/mol. The second-order valence-electron chi connectivity index (χ2n) is 4.15. The van der Waals surface area contributed by atoms with Gasteiger partial charge < -0.3 is 15.2 Å². The first-order chi connectivity index (χ1) is 9.58. The molecule has 2 N–H and O–H groups in total. The highest BCUT2D eigenvalue weighted by Gasteiger charge is 2.09. The first-order valence-electron chi connectivity index (χ1n) is 5.89. The van der Waals surface area contributed by atoms with Gasteiger partial charge in [-0.05, 0) is 17.7 Å². The van der Waals surface area contributed by atoms with Crippen molar-refractivity contribution in [2.24, 2.45) is 0 Å². The maximum absolute atomic E-state index is 10.7. The van der Waals surface area contributed by atoms with Gasteiger partial charge >= 0.3 is 0 Å². The van der Waals surface area contributed by atoms with Gasteiger partial charge in [-0.15, -0.1) is 0 Å². The van der Waals surface area contributed by atoms with E-state index >= 15 is 0 Å².